The van der Waals surface area contributed by atoms with Crippen molar-refractivity contribution in [2.24, 2.45) is 0 Å². The zero-order chi connectivity index (χ0) is 19.2. The van der Waals surface area contributed by atoms with Gasteiger partial charge in [-0.15, -0.1) is 11.3 Å². The Bertz CT molecular complexity index is 806. The summed E-state index contributed by atoms with van der Waals surface area (Å²) in [7, 11) is 0. The van der Waals surface area contributed by atoms with Crippen LogP contribution < -0.4 is 10.6 Å². The van der Waals surface area contributed by atoms with Crippen LogP contribution in [-0.2, 0) is 6.42 Å². The molecular formula is C19H21BrFN3O2S. The van der Waals surface area contributed by atoms with Crippen LogP contribution in [0.4, 0.5) is 9.18 Å². The van der Waals surface area contributed by atoms with Gasteiger partial charge >= 0.3 is 6.03 Å². The molecule has 0 bridgehead atoms. The summed E-state index contributed by atoms with van der Waals surface area (Å²) in [6, 6.07) is 9.88. The molecule has 1 aromatic heterocycles. The van der Waals surface area contributed by atoms with E-state index >= 15 is 0 Å². The van der Waals surface area contributed by atoms with Crippen LogP contribution in [-0.4, -0.2) is 42.5 Å². The lowest BCUT2D eigenvalue weighted by Crippen LogP contribution is -2.49. The first-order chi connectivity index (χ1) is 13.0. The van der Waals surface area contributed by atoms with Gasteiger partial charge in [0.25, 0.3) is 5.91 Å². The first kappa shape index (κ1) is 19.8. The largest absolute Gasteiger partial charge is 0.338 e. The van der Waals surface area contributed by atoms with Crippen LogP contribution in [0.3, 0.4) is 0 Å². The normalized spacial score (nSPS) is 14.8. The summed E-state index contributed by atoms with van der Waals surface area (Å²) in [5, 5.41) is 5.82. The molecule has 0 spiro atoms. The zero-order valence-electron chi connectivity index (χ0n) is 14.7. The van der Waals surface area contributed by atoms with Crippen molar-refractivity contribution < 1.29 is 14.0 Å². The summed E-state index contributed by atoms with van der Waals surface area (Å²) in [5.41, 5.74) is 0.0990. The fourth-order valence-electron chi connectivity index (χ4n) is 3.05. The first-order valence-corrected chi connectivity index (χ1v) is 10.5. The first-order valence-electron chi connectivity index (χ1n) is 8.85. The SMILES string of the molecule is O=C(NCCc1ccc(Br)s1)NC1CCN(C(=O)c2ccccc2F)CC1. The van der Waals surface area contributed by atoms with Crippen LogP contribution in [0.15, 0.2) is 40.2 Å². The minimum atomic E-state index is -0.500. The molecule has 1 fully saturated rings. The van der Waals surface area contributed by atoms with Crippen LogP contribution in [0, 0.1) is 5.82 Å². The zero-order valence-corrected chi connectivity index (χ0v) is 17.1. The molecule has 1 saturated heterocycles. The lowest BCUT2D eigenvalue weighted by molar-refractivity contribution is 0.0703. The number of urea groups is 1. The highest BCUT2D eigenvalue weighted by Crippen LogP contribution is 2.22. The van der Waals surface area contributed by atoms with Gasteiger partial charge in [-0.3, -0.25) is 4.79 Å². The number of nitrogens with zero attached hydrogens (tertiary/aromatic N) is 1. The summed E-state index contributed by atoms with van der Waals surface area (Å²) >= 11 is 5.08. The average Bonchev–Trinajstić information content (AvgIpc) is 3.07. The van der Waals surface area contributed by atoms with Gasteiger partial charge in [-0.25, -0.2) is 9.18 Å². The summed E-state index contributed by atoms with van der Waals surface area (Å²) in [5.74, 6) is -0.794. The van der Waals surface area contributed by atoms with Crippen molar-refractivity contribution >= 4 is 39.2 Å². The van der Waals surface area contributed by atoms with E-state index in [4.69, 9.17) is 0 Å². The maximum absolute atomic E-state index is 13.8. The number of likely N-dealkylation sites (tertiary alicyclic amines) is 1. The number of thiophene rings is 1. The second-order valence-corrected chi connectivity index (χ2v) is 8.95. The molecular weight excluding hydrogens is 433 g/mol. The number of carbonyl (C=O) groups is 2. The van der Waals surface area contributed by atoms with E-state index in [-0.39, 0.29) is 23.5 Å². The minimum Gasteiger partial charge on any atom is -0.338 e. The van der Waals surface area contributed by atoms with Crippen molar-refractivity contribution in [2.45, 2.75) is 25.3 Å². The van der Waals surface area contributed by atoms with Gasteiger partial charge in [0.15, 0.2) is 0 Å². The number of piperidine rings is 1. The molecule has 0 aliphatic carbocycles. The van der Waals surface area contributed by atoms with Crippen molar-refractivity contribution in [3.05, 3.63) is 56.4 Å². The number of benzene rings is 1. The van der Waals surface area contributed by atoms with Gasteiger partial charge in [-0.2, -0.15) is 0 Å². The Balaban J connectivity index is 1.39. The van der Waals surface area contributed by atoms with Gasteiger partial charge in [0.1, 0.15) is 5.82 Å². The van der Waals surface area contributed by atoms with Gasteiger partial charge in [0.05, 0.1) is 9.35 Å². The summed E-state index contributed by atoms with van der Waals surface area (Å²) in [6.45, 7) is 1.58. The van der Waals surface area contributed by atoms with E-state index in [2.05, 4.69) is 26.6 Å². The molecule has 1 aliphatic heterocycles. The van der Waals surface area contributed by atoms with Crippen molar-refractivity contribution in [3.8, 4) is 0 Å². The number of hydrogen-bond donors (Lipinski definition) is 2. The van der Waals surface area contributed by atoms with Crippen molar-refractivity contribution in [2.75, 3.05) is 19.6 Å². The maximum atomic E-state index is 13.8. The molecule has 3 amide bonds. The van der Waals surface area contributed by atoms with E-state index in [1.54, 1.807) is 28.4 Å². The highest BCUT2D eigenvalue weighted by Gasteiger charge is 2.25. The van der Waals surface area contributed by atoms with Crippen molar-refractivity contribution in [1.29, 1.82) is 0 Å². The number of rotatable bonds is 5. The summed E-state index contributed by atoms with van der Waals surface area (Å²) < 4.78 is 14.9. The molecule has 5 nitrogen and oxygen atoms in total. The third kappa shape index (κ3) is 5.52. The highest BCUT2D eigenvalue weighted by molar-refractivity contribution is 9.11. The molecule has 144 valence electrons. The maximum Gasteiger partial charge on any atom is 0.315 e. The molecule has 0 atom stereocenters. The van der Waals surface area contributed by atoms with E-state index in [9.17, 15) is 14.0 Å². The Morgan fingerprint density at radius 1 is 1.19 bits per heavy atom. The number of hydrogen-bond acceptors (Lipinski definition) is 3. The lowest BCUT2D eigenvalue weighted by atomic mass is 10.0. The van der Waals surface area contributed by atoms with E-state index in [1.165, 1.54) is 17.0 Å². The molecule has 0 saturated carbocycles. The monoisotopic (exact) mass is 453 g/mol. The molecule has 8 heteroatoms. The number of carbonyl (C=O) groups excluding carboxylic acids is 2. The second-order valence-electron chi connectivity index (χ2n) is 6.40. The Morgan fingerprint density at radius 2 is 1.93 bits per heavy atom. The standard InChI is InChI=1S/C19H21BrFN3O2S/c20-17-6-5-14(27-17)7-10-22-19(26)23-13-8-11-24(12-9-13)18(25)15-3-1-2-4-16(15)21/h1-6,13H,7-12H2,(H2,22,23,26). The Kier molecular flexibility index (Phi) is 6.84. The lowest BCUT2D eigenvalue weighted by Gasteiger charge is -2.32. The molecule has 1 aliphatic rings. The molecule has 2 N–H and O–H groups in total. The quantitative estimate of drug-likeness (QED) is 0.722. The van der Waals surface area contributed by atoms with Gasteiger partial charge in [-0.05, 0) is 59.5 Å². The van der Waals surface area contributed by atoms with Gasteiger partial charge in [0, 0.05) is 30.6 Å². The number of halogens is 2. The van der Waals surface area contributed by atoms with Crippen LogP contribution in [0.2, 0.25) is 0 Å². The fraction of sp³-hybridized carbons (Fsp3) is 0.368. The van der Waals surface area contributed by atoms with Crippen LogP contribution in [0.1, 0.15) is 28.1 Å². The minimum absolute atomic E-state index is 0.0190. The van der Waals surface area contributed by atoms with Gasteiger partial charge in [-0.1, -0.05) is 12.1 Å². The Hall–Kier alpha value is -1.93. The van der Waals surface area contributed by atoms with E-state index in [0.29, 0.717) is 32.5 Å². The third-order valence-corrected chi connectivity index (χ3v) is 6.19. The number of amides is 3. The van der Waals surface area contributed by atoms with Gasteiger partial charge < -0.3 is 15.5 Å². The van der Waals surface area contributed by atoms with E-state index in [1.807, 2.05) is 12.1 Å². The molecule has 1 aromatic carbocycles. The smallest absolute Gasteiger partial charge is 0.315 e. The Morgan fingerprint density at radius 3 is 2.59 bits per heavy atom. The summed E-state index contributed by atoms with van der Waals surface area (Å²) in [6.07, 6.45) is 2.11. The van der Waals surface area contributed by atoms with E-state index in [0.717, 1.165) is 10.2 Å². The fourth-order valence-corrected chi connectivity index (χ4v) is 4.54. The summed E-state index contributed by atoms with van der Waals surface area (Å²) in [4.78, 5) is 27.3. The van der Waals surface area contributed by atoms with Crippen molar-refractivity contribution in [3.63, 3.8) is 0 Å². The topological polar surface area (TPSA) is 61.4 Å². The van der Waals surface area contributed by atoms with Gasteiger partial charge in [0.2, 0.25) is 0 Å². The highest BCUT2D eigenvalue weighted by atomic mass is 79.9. The molecule has 2 aromatic rings. The third-order valence-electron chi connectivity index (χ3n) is 4.51. The number of nitrogens with one attached hydrogen (secondary N) is 2. The van der Waals surface area contributed by atoms with Crippen molar-refractivity contribution in [1.82, 2.24) is 15.5 Å². The molecule has 0 unspecified atom stereocenters. The molecule has 0 radical (unpaired) electrons. The average molecular weight is 454 g/mol. The van der Waals surface area contributed by atoms with Crippen LogP contribution in [0.5, 0.6) is 0 Å². The second kappa shape index (κ2) is 9.32. The van der Waals surface area contributed by atoms with Crippen LogP contribution >= 0.6 is 27.3 Å². The molecule has 27 heavy (non-hydrogen) atoms. The predicted octanol–water partition coefficient (Wildman–Crippen LogP) is 3.80. The predicted molar refractivity (Wildman–Crippen MR) is 108 cm³/mol. The van der Waals surface area contributed by atoms with Crippen LogP contribution in [0.25, 0.3) is 0 Å². The van der Waals surface area contributed by atoms with E-state index < -0.39 is 5.82 Å². The molecule has 3 rings (SSSR count). The molecule has 2 heterocycles. The Labute approximate surface area is 170 Å².